The first-order valence-electron chi connectivity index (χ1n) is 11.6. The minimum Gasteiger partial charge on any atom is -0.437 e. The van der Waals surface area contributed by atoms with Gasteiger partial charge >= 0.3 is 0 Å². The average molecular weight is 469 g/mol. The van der Waals surface area contributed by atoms with Crippen molar-refractivity contribution in [2.45, 2.75) is 6.92 Å². The fraction of sp³-hybridized carbons (Fsp3) is 0.0323. The van der Waals surface area contributed by atoms with Gasteiger partial charge in [-0.15, -0.1) is 11.3 Å². The lowest BCUT2D eigenvalue weighted by Crippen LogP contribution is -1.85. The number of para-hydroxylation sites is 1. The Labute approximate surface area is 206 Å². The molecule has 3 aromatic carbocycles. The van der Waals surface area contributed by atoms with E-state index in [4.69, 9.17) is 9.40 Å². The van der Waals surface area contributed by atoms with E-state index in [1.807, 2.05) is 19.2 Å². The molecule has 0 aliphatic carbocycles. The maximum atomic E-state index is 6.27. The highest BCUT2D eigenvalue weighted by molar-refractivity contribution is 7.23. The van der Waals surface area contributed by atoms with E-state index < -0.39 is 0 Å². The molecule has 3 nitrogen and oxygen atoms in total. The van der Waals surface area contributed by atoms with Gasteiger partial charge in [-0.2, -0.15) is 0 Å². The second kappa shape index (κ2) is 7.90. The molecular formula is C31H20N2OS. The van der Waals surface area contributed by atoms with E-state index in [1.165, 1.54) is 31.7 Å². The van der Waals surface area contributed by atoms with Crippen LogP contribution in [0.3, 0.4) is 0 Å². The lowest BCUT2D eigenvalue weighted by atomic mass is 9.98. The molecule has 0 aliphatic rings. The van der Waals surface area contributed by atoms with Gasteiger partial charge in [0.2, 0.25) is 5.71 Å². The average Bonchev–Trinajstić information content (AvgIpc) is 3.47. The molecule has 0 unspecified atom stereocenters. The highest BCUT2D eigenvalue weighted by atomic mass is 32.1. The number of fused-ring (bicyclic) bond motifs is 4. The molecule has 7 aromatic rings. The Balaban J connectivity index is 1.50. The van der Waals surface area contributed by atoms with Gasteiger partial charge in [-0.25, -0.2) is 4.98 Å². The lowest BCUT2D eigenvalue weighted by molar-refractivity contribution is 0.653. The predicted molar refractivity (Wildman–Crippen MR) is 146 cm³/mol. The number of aryl methyl sites for hydroxylation is 1. The number of furan rings is 1. The smallest absolute Gasteiger partial charge is 0.227 e. The van der Waals surface area contributed by atoms with Crippen molar-refractivity contribution in [3.05, 3.63) is 109 Å². The van der Waals surface area contributed by atoms with Gasteiger partial charge in [0.15, 0.2) is 0 Å². The third-order valence-corrected chi connectivity index (χ3v) is 7.64. The number of hydrogen-bond acceptors (Lipinski definition) is 4. The third kappa shape index (κ3) is 3.26. The maximum Gasteiger partial charge on any atom is 0.227 e. The highest BCUT2D eigenvalue weighted by Gasteiger charge is 2.19. The summed E-state index contributed by atoms with van der Waals surface area (Å²) in [6.45, 7) is 1.98. The van der Waals surface area contributed by atoms with Crippen molar-refractivity contribution in [3.63, 3.8) is 0 Å². The molecule has 7 rings (SSSR count). The lowest BCUT2D eigenvalue weighted by Gasteiger charge is -2.07. The Hall–Kier alpha value is -4.28. The fourth-order valence-corrected chi connectivity index (χ4v) is 5.99. The second-order valence-electron chi connectivity index (χ2n) is 8.69. The monoisotopic (exact) mass is 468 g/mol. The number of rotatable bonds is 3. The molecule has 166 valence electrons. The van der Waals surface area contributed by atoms with E-state index in [-0.39, 0.29) is 0 Å². The molecule has 0 atom stereocenters. The number of benzene rings is 3. The summed E-state index contributed by atoms with van der Waals surface area (Å²) in [5.41, 5.74) is 7.98. The first-order valence-corrected chi connectivity index (χ1v) is 12.4. The van der Waals surface area contributed by atoms with Crippen molar-refractivity contribution in [2.75, 3.05) is 0 Å². The van der Waals surface area contributed by atoms with Crippen LogP contribution in [0.25, 0.3) is 65.0 Å². The summed E-state index contributed by atoms with van der Waals surface area (Å²) in [6.07, 6.45) is 2.00. The van der Waals surface area contributed by atoms with Gasteiger partial charge in [-0.1, -0.05) is 72.8 Å². The second-order valence-corrected chi connectivity index (χ2v) is 9.75. The number of aromatic nitrogens is 2. The van der Waals surface area contributed by atoms with Gasteiger partial charge in [-0.3, -0.25) is 4.98 Å². The Morgan fingerprint density at radius 2 is 1.49 bits per heavy atom. The summed E-state index contributed by atoms with van der Waals surface area (Å²) in [5, 5.41) is 3.29. The van der Waals surface area contributed by atoms with Gasteiger partial charge in [0.25, 0.3) is 0 Å². The molecule has 0 saturated carbocycles. The van der Waals surface area contributed by atoms with E-state index in [0.29, 0.717) is 5.71 Å². The molecule has 0 spiro atoms. The van der Waals surface area contributed by atoms with E-state index in [0.717, 1.165) is 33.3 Å². The zero-order valence-electron chi connectivity index (χ0n) is 19.0. The van der Waals surface area contributed by atoms with Crippen molar-refractivity contribution in [1.29, 1.82) is 0 Å². The van der Waals surface area contributed by atoms with E-state index in [9.17, 15) is 0 Å². The Morgan fingerprint density at radius 1 is 0.714 bits per heavy atom. The third-order valence-electron chi connectivity index (χ3n) is 6.45. The Kier molecular flexibility index (Phi) is 4.54. The summed E-state index contributed by atoms with van der Waals surface area (Å²) < 4.78 is 7.44. The topological polar surface area (TPSA) is 38.9 Å². The number of thiophene rings is 1. The van der Waals surface area contributed by atoms with Gasteiger partial charge in [0, 0.05) is 44.1 Å². The summed E-state index contributed by atoms with van der Waals surface area (Å²) >= 11 is 1.79. The first-order chi connectivity index (χ1) is 17.3. The molecule has 0 N–H and O–H groups in total. The largest absolute Gasteiger partial charge is 0.437 e. The van der Waals surface area contributed by atoms with Crippen LogP contribution >= 0.6 is 11.3 Å². The molecular weight excluding hydrogens is 448 g/mol. The van der Waals surface area contributed by atoms with Gasteiger partial charge in [0.05, 0.1) is 10.4 Å². The van der Waals surface area contributed by atoms with Crippen LogP contribution in [0.5, 0.6) is 0 Å². The van der Waals surface area contributed by atoms with Crippen molar-refractivity contribution >= 4 is 43.5 Å². The molecule has 0 amide bonds. The SMILES string of the molecule is Cc1ccc2c(n1)oc1c(-c3cc4c(-c5ccccc5)c(-c5ccccc5)sc4cn3)cccc12. The Morgan fingerprint density at radius 3 is 2.29 bits per heavy atom. The minimum atomic E-state index is 0.667. The van der Waals surface area contributed by atoms with E-state index in [2.05, 4.69) is 96.0 Å². The quantitative estimate of drug-likeness (QED) is 0.260. The van der Waals surface area contributed by atoms with Gasteiger partial charge < -0.3 is 4.42 Å². The normalized spacial score (nSPS) is 11.6. The molecule has 35 heavy (non-hydrogen) atoms. The molecule has 4 aromatic heterocycles. The zero-order valence-corrected chi connectivity index (χ0v) is 19.8. The van der Waals surface area contributed by atoms with Crippen molar-refractivity contribution in [3.8, 4) is 32.8 Å². The maximum absolute atomic E-state index is 6.27. The number of pyridine rings is 2. The number of nitrogens with zero attached hydrogens (tertiary/aromatic N) is 2. The van der Waals surface area contributed by atoms with Crippen LogP contribution in [0, 0.1) is 6.92 Å². The zero-order chi connectivity index (χ0) is 23.4. The highest BCUT2D eigenvalue weighted by Crippen LogP contribution is 2.46. The van der Waals surface area contributed by atoms with Crippen molar-refractivity contribution in [2.24, 2.45) is 0 Å². The molecule has 4 heterocycles. The summed E-state index contributed by atoms with van der Waals surface area (Å²) in [4.78, 5) is 10.7. The van der Waals surface area contributed by atoms with E-state index >= 15 is 0 Å². The van der Waals surface area contributed by atoms with Crippen LogP contribution in [0.4, 0.5) is 0 Å². The fourth-order valence-electron chi connectivity index (χ4n) is 4.81. The van der Waals surface area contributed by atoms with Crippen LogP contribution < -0.4 is 0 Å². The molecule has 0 saturated heterocycles. The molecule has 0 fully saturated rings. The molecule has 0 radical (unpaired) electrons. The number of hydrogen-bond donors (Lipinski definition) is 0. The minimum absolute atomic E-state index is 0.667. The summed E-state index contributed by atoms with van der Waals surface area (Å²) in [7, 11) is 0. The molecule has 4 heteroatoms. The summed E-state index contributed by atoms with van der Waals surface area (Å²) in [6, 6.07) is 33.8. The van der Waals surface area contributed by atoms with Crippen LogP contribution in [0.15, 0.2) is 108 Å². The predicted octanol–water partition coefficient (Wildman–Crippen LogP) is 8.90. The van der Waals surface area contributed by atoms with E-state index in [1.54, 1.807) is 11.3 Å². The van der Waals surface area contributed by atoms with Crippen molar-refractivity contribution in [1.82, 2.24) is 9.97 Å². The van der Waals surface area contributed by atoms with Crippen LogP contribution in [0.2, 0.25) is 0 Å². The van der Waals surface area contributed by atoms with Gasteiger partial charge in [-0.05, 0) is 42.3 Å². The molecule has 0 bridgehead atoms. The summed E-state index contributed by atoms with van der Waals surface area (Å²) in [5.74, 6) is 0. The van der Waals surface area contributed by atoms with Gasteiger partial charge in [0.1, 0.15) is 5.58 Å². The standard InChI is InChI=1S/C31H20N2OS/c1-19-15-16-23-22-13-8-14-24(29(22)34-31(23)33-19)26-17-25-27(18-32-26)35-30(21-11-6-3-7-12-21)28(25)20-9-4-2-5-10-20/h2-18H,1H3. The molecule has 0 aliphatic heterocycles. The Bertz CT molecular complexity index is 1850. The van der Waals surface area contributed by atoms with Crippen molar-refractivity contribution < 1.29 is 4.42 Å². The van der Waals surface area contributed by atoms with Crippen LogP contribution in [0.1, 0.15) is 5.69 Å². The van der Waals surface area contributed by atoms with Crippen LogP contribution in [-0.4, -0.2) is 9.97 Å². The first kappa shape index (κ1) is 20.1. The van der Waals surface area contributed by atoms with Crippen LogP contribution in [-0.2, 0) is 0 Å².